The average Bonchev–Trinajstić information content (AvgIpc) is 2.84. The minimum atomic E-state index is -0.625. The molecule has 0 aliphatic carbocycles. The van der Waals surface area contributed by atoms with Crippen molar-refractivity contribution in [1.82, 2.24) is 9.97 Å². The lowest BCUT2D eigenvalue weighted by Gasteiger charge is -2.09. The number of aromatic nitrogens is 2. The zero-order valence-electron chi connectivity index (χ0n) is 10.2. The highest BCUT2D eigenvalue weighted by atomic mass is 32.2. The minimum Gasteiger partial charge on any atom is -0.373 e. The van der Waals surface area contributed by atoms with Crippen molar-refractivity contribution in [1.29, 1.82) is 0 Å². The van der Waals surface area contributed by atoms with Gasteiger partial charge in [0.15, 0.2) is 5.82 Å². The largest absolute Gasteiger partial charge is 0.373 e. The maximum absolute atomic E-state index is 13.3. The third-order valence-electron chi connectivity index (χ3n) is 2.94. The molecule has 1 aromatic carbocycles. The Bertz CT molecular complexity index is 626. The maximum Gasteiger partial charge on any atom is 0.162 e. The third kappa shape index (κ3) is 2.28. The summed E-state index contributed by atoms with van der Waals surface area (Å²) < 4.78 is 26.5. The molecule has 2 heterocycles. The molecule has 3 nitrogen and oxygen atoms in total. The van der Waals surface area contributed by atoms with Crippen LogP contribution in [0.5, 0.6) is 0 Å². The van der Waals surface area contributed by atoms with E-state index in [0.717, 1.165) is 34.6 Å². The number of anilines is 1. The number of rotatable bonds is 2. The lowest BCUT2D eigenvalue weighted by molar-refractivity contribution is 0.584. The van der Waals surface area contributed by atoms with E-state index < -0.39 is 11.6 Å². The first-order valence-corrected chi connectivity index (χ1v) is 6.94. The van der Waals surface area contributed by atoms with Crippen LogP contribution in [0.2, 0.25) is 0 Å². The first-order chi connectivity index (χ1) is 9.17. The molecular weight excluding hydrogens is 268 g/mol. The smallest absolute Gasteiger partial charge is 0.162 e. The van der Waals surface area contributed by atoms with E-state index in [1.54, 1.807) is 18.8 Å². The monoisotopic (exact) mass is 279 g/mol. The van der Waals surface area contributed by atoms with Crippen molar-refractivity contribution < 1.29 is 8.78 Å². The first kappa shape index (κ1) is 12.3. The van der Waals surface area contributed by atoms with Gasteiger partial charge in [-0.2, -0.15) is 11.8 Å². The van der Waals surface area contributed by atoms with E-state index in [-0.39, 0.29) is 0 Å². The summed E-state index contributed by atoms with van der Waals surface area (Å²) in [5.74, 6) is 1.50. The number of thioether (sulfide) groups is 1. The summed E-state index contributed by atoms with van der Waals surface area (Å²) in [5, 5.41) is 3.01. The van der Waals surface area contributed by atoms with Crippen molar-refractivity contribution in [2.75, 3.05) is 12.4 Å². The van der Waals surface area contributed by atoms with Gasteiger partial charge in [0.05, 0.1) is 5.69 Å². The van der Waals surface area contributed by atoms with Crippen LogP contribution < -0.4 is 5.32 Å². The van der Waals surface area contributed by atoms with E-state index in [1.165, 1.54) is 12.1 Å². The summed E-state index contributed by atoms with van der Waals surface area (Å²) >= 11 is 1.75. The fourth-order valence-electron chi connectivity index (χ4n) is 2.07. The minimum absolute atomic E-state index is 0.351. The quantitative estimate of drug-likeness (QED) is 0.916. The van der Waals surface area contributed by atoms with Crippen LogP contribution in [0, 0.1) is 11.6 Å². The molecule has 0 spiro atoms. The van der Waals surface area contributed by atoms with Crippen molar-refractivity contribution in [3.05, 3.63) is 41.1 Å². The van der Waals surface area contributed by atoms with E-state index >= 15 is 0 Å². The Labute approximate surface area is 113 Å². The molecule has 1 aromatic heterocycles. The van der Waals surface area contributed by atoms with Gasteiger partial charge in [-0.1, -0.05) is 0 Å². The predicted octanol–water partition coefficient (Wildman–Crippen LogP) is 3.21. The first-order valence-electron chi connectivity index (χ1n) is 5.79. The maximum atomic E-state index is 13.3. The zero-order chi connectivity index (χ0) is 13.4. The second-order valence-electron chi connectivity index (χ2n) is 4.22. The number of fused-ring (bicyclic) bond motifs is 1. The van der Waals surface area contributed by atoms with Crippen LogP contribution in [0.1, 0.15) is 11.3 Å². The summed E-state index contributed by atoms with van der Waals surface area (Å²) in [6, 6.07) is 3.32. The summed E-state index contributed by atoms with van der Waals surface area (Å²) in [6.45, 7) is 0. The van der Waals surface area contributed by atoms with Gasteiger partial charge in [0.25, 0.3) is 0 Å². The number of benzene rings is 1. The molecule has 0 bridgehead atoms. The number of hydrogen-bond acceptors (Lipinski definition) is 4. The van der Waals surface area contributed by atoms with Gasteiger partial charge in [-0.05, 0) is 12.1 Å². The van der Waals surface area contributed by atoms with Gasteiger partial charge in [-0.25, -0.2) is 18.7 Å². The topological polar surface area (TPSA) is 37.8 Å². The van der Waals surface area contributed by atoms with E-state index in [1.807, 2.05) is 0 Å². The van der Waals surface area contributed by atoms with E-state index in [4.69, 9.17) is 0 Å². The van der Waals surface area contributed by atoms with Crippen LogP contribution in [0.15, 0.2) is 18.2 Å². The standard InChI is InChI=1S/C13H11F2N3S/c1-16-13-10-5-19-6-11(10)17-12(18-13)7-2-8(14)4-9(15)3-7/h2-4H,5-6H2,1H3,(H,16,17,18). The number of nitrogens with zero attached hydrogens (tertiary/aromatic N) is 2. The molecule has 0 amide bonds. The summed E-state index contributed by atoms with van der Waals surface area (Å²) in [6.07, 6.45) is 0. The van der Waals surface area contributed by atoms with Gasteiger partial charge in [0, 0.05) is 35.7 Å². The highest BCUT2D eigenvalue weighted by Gasteiger charge is 2.20. The van der Waals surface area contributed by atoms with E-state index in [0.29, 0.717) is 11.4 Å². The third-order valence-corrected chi connectivity index (χ3v) is 3.91. The highest BCUT2D eigenvalue weighted by Crippen LogP contribution is 2.34. The second kappa shape index (κ2) is 4.77. The molecule has 0 unspecified atom stereocenters. The Hall–Kier alpha value is -1.69. The molecule has 2 aromatic rings. The van der Waals surface area contributed by atoms with Crippen LogP contribution >= 0.6 is 11.8 Å². The molecule has 1 aliphatic heterocycles. The van der Waals surface area contributed by atoms with Gasteiger partial charge >= 0.3 is 0 Å². The average molecular weight is 279 g/mol. The van der Waals surface area contributed by atoms with Gasteiger partial charge < -0.3 is 5.32 Å². The molecule has 19 heavy (non-hydrogen) atoms. The Kier molecular flexibility index (Phi) is 3.10. The molecule has 1 N–H and O–H groups in total. The van der Waals surface area contributed by atoms with Crippen LogP contribution in [0.4, 0.5) is 14.6 Å². The summed E-state index contributed by atoms with van der Waals surface area (Å²) in [7, 11) is 1.78. The number of hydrogen-bond donors (Lipinski definition) is 1. The van der Waals surface area contributed by atoms with Crippen LogP contribution in [0.25, 0.3) is 11.4 Å². The molecule has 6 heteroatoms. The Morgan fingerprint density at radius 3 is 2.53 bits per heavy atom. The lowest BCUT2D eigenvalue weighted by Crippen LogP contribution is -2.03. The molecule has 1 aliphatic rings. The number of nitrogens with one attached hydrogen (secondary N) is 1. The second-order valence-corrected chi connectivity index (χ2v) is 5.21. The summed E-state index contributed by atoms with van der Waals surface area (Å²) in [4.78, 5) is 8.76. The van der Waals surface area contributed by atoms with Crippen molar-refractivity contribution in [3.63, 3.8) is 0 Å². The zero-order valence-corrected chi connectivity index (χ0v) is 11.0. The molecule has 0 atom stereocenters. The lowest BCUT2D eigenvalue weighted by atomic mass is 10.1. The Morgan fingerprint density at radius 2 is 1.84 bits per heavy atom. The SMILES string of the molecule is CNc1nc(-c2cc(F)cc(F)c2)nc2c1CSC2. The molecule has 98 valence electrons. The predicted molar refractivity (Wildman–Crippen MR) is 71.9 cm³/mol. The molecule has 0 saturated heterocycles. The Morgan fingerprint density at radius 1 is 1.11 bits per heavy atom. The molecule has 0 fully saturated rings. The van der Waals surface area contributed by atoms with Crippen LogP contribution in [-0.2, 0) is 11.5 Å². The molecular formula is C13H11F2N3S. The van der Waals surface area contributed by atoms with Crippen molar-refractivity contribution >= 4 is 17.6 Å². The molecule has 3 rings (SSSR count). The Balaban J connectivity index is 2.15. The normalized spacial score (nSPS) is 13.4. The van der Waals surface area contributed by atoms with Crippen molar-refractivity contribution in [2.45, 2.75) is 11.5 Å². The molecule has 0 saturated carbocycles. The van der Waals surface area contributed by atoms with Gasteiger partial charge in [-0.15, -0.1) is 0 Å². The van der Waals surface area contributed by atoms with E-state index in [2.05, 4.69) is 15.3 Å². The van der Waals surface area contributed by atoms with Gasteiger partial charge in [0.1, 0.15) is 17.5 Å². The van der Waals surface area contributed by atoms with Gasteiger partial charge in [-0.3, -0.25) is 0 Å². The number of halogens is 2. The summed E-state index contributed by atoms with van der Waals surface area (Å²) in [5.41, 5.74) is 2.37. The van der Waals surface area contributed by atoms with Crippen molar-refractivity contribution in [3.8, 4) is 11.4 Å². The molecule has 0 radical (unpaired) electrons. The fraction of sp³-hybridized carbons (Fsp3) is 0.231. The van der Waals surface area contributed by atoms with E-state index in [9.17, 15) is 8.78 Å². The highest BCUT2D eigenvalue weighted by molar-refractivity contribution is 7.98. The fourth-order valence-corrected chi connectivity index (χ4v) is 3.11. The van der Waals surface area contributed by atoms with Gasteiger partial charge in [0.2, 0.25) is 0 Å². The van der Waals surface area contributed by atoms with Crippen molar-refractivity contribution in [2.24, 2.45) is 0 Å². The van der Waals surface area contributed by atoms with Crippen LogP contribution in [0.3, 0.4) is 0 Å². The van der Waals surface area contributed by atoms with Crippen LogP contribution in [-0.4, -0.2) is 17.0 Å².